The first-order chi connectivity index (χ1) is 9.10. The second kappa shape index (κ2) is 5.50. The molecule has 19 heavy (non-hydrogen) atoms. The summed E-state index contributed by atoms with van der Waals surface area (Å²) in [5.41, 5.74) is 2.08. The maximum absolute atomic E-state index is 10.8. The van der Waals surface area contributed by atoms with Crippen LogP contribution in [0, 0.1) is 28.4 Å². The fourth-order valence-electron chi connectivity index (χ4n) is 1.64. The van der Waals surface area contributed by atoms with Gasteiger partial charge in [-0.25, -0.2) is 0 Å². The molecule has 0 saturated heterocycles. The van der Waals surface area contributed by atoms with E-state index in [1.54, 1.807) is 30.5 Å². The maximum atomic E-state index is 10.8. The second-order valence-corrected chi connectivity index (χ2v) is 5.02. The van der Waals surface area contributed by atoms with Gasteiger partial charge in [0, 0.05) is 34.1 Å². The predicted octanol–water partition coefficient (Wildman–Crippen LogP) is 3.45. The minimum atomic E-state index is -0.389. The summed E-state index contributed by atoms with van der Waals surface area (Å²) in [6.45, 7) is 2.26. The summed E-state index contributed by atoms with van der Waals surface area (Å²) in [4.78, 5) is 11.5. The van der Waals surface area contributed by atoms with Crippen molar-refractivity contribution in [3.8, 4) is 6.07 Å². The highest BCUT2D eigenvalue weighted by molar-refractivity contribution is 7.10. The lowest BCUT2D eigenvalue weighted by Crippen LogP contribution is -1.99. The van der Waals surface area contributed by atoms with E-state index >= 15 is 0 Å². The molecular weight excluding hydrogens is 262 g/mol. The molecule has 0 bridgehead atoms. The van der Waals surface area contributed by atoms with E-state index in [1.807, 2.05) is 0 Å². The van der Waals surface area contributed by atoms with Crippen LogP contribution >= 0.6 is 11.3 Å². The minimum Gasteiger partial charge on any atom is -0.380 e. The maximum Gasteiger partial charge on any atom is 0.274 e. The van der Waals surface area contributed by atoms with E-state index in [1.165, 1.54) is 17.4 Å². The van der Waals surface area contributed by atoms with Crippen LogP contribution in [0.25, 0.3) is 0 Å². The molecule has 2 rings (SSSR count). The standard InChI is InChI=1S/C13H11N3O2S/c1-9-2-3-11(5-13(9)16(17)18)15-7-12-4-10(6-14)8-19-12/h2-5,8,15H,7H2,1H3. The largest absolute Gasteiger partial charge is 0.380 e. The number of anilines is 1. The summed E-state index contributed by atoms with van der Waals surface area (Å²) < 4.78 is 0. The number of thiophene rings is 1. The summed E-state index contributed by atoms with van der Waals surface area (Å²) >= 11 is 1.49. The molecule has 1 aromatic carbocycles. The number of hydrogen-bond acceptors (Lipinski definition) is 5. The number of hydrogen-bond donors (Lipinski definition) is 1. The normalized spacial score (nSPS) is 9.89. The van der Waals surface area contributed by atoms with Crippen LogP contribution in [0.15, 0.2) is 29.6 Å². The first kappa shape index (κ1) is 13.1. The van der Waals surface area contributed by atoms with Gasteiger partial charge in [0.1, 0.15) is 6.07 Å². The van der Waals surface area contributed by atoms with Gasteiger partial charge in [-0.1, -0.05) is 6.07 Å². The molecule has 0 amide bonds. The van der Waals surface area contributed by atoms with Gasteiger partial charge in [0.05, 0.1) is 10.5 Å². The van der Waals surface area contributed by atoms with Crippen molar-refractivity contribution in [1.29, 1.82) is 5.26 Å². The zero-order valence-electron chi connectivity index (χ0n) is 10.2. The molecule has 1 N–H and O–H groups in total. The monoisotopic (exact) mass is 273 g/mol. The molecule has 0 aliphatic carbocycles. The van der Waals surface area contributed by atoms with E-state index < -0.39 is 0 Å². The molecule has 0 unspecified atom stereocenters. The third-order valence-corrected chi connectivity index (χ3v) is 3.59. The Hall–Kier alpha value is -2.39. The van der Waals surface area contributed by atoms with Crippen molar-refractivity contribution in [2.45, 2.75) is 13.5 Å². The Balaban J connectivity index is 2.09. The van der Waals surface area contributed by atoms with Crippen LogP contribution in [-0.4, -0.2) is 4.92 Å². The molecule has 0 atom stereocenters. The number of nitro benzene ring substituents is 1. The van der Waals surface area contributed by atoms with Crippen LogP contribution in [-0.2, 0) is 6.54 Å². The molecule has 0 aliphatic heterocycles. The average molecular weight is 273 g/mol. The first-order valence-electron chi connectivity index (χ1n) is 5.56. The SMILES string of the molecule is Cc1ccc(NCc2cc(C#N)cs2)cc1[N+](=O)[O-]. The number of nitriles is 1. The number of nitro groups is 1. The molecule has 1 aromatic heterocycles. The topological polar surface area (TPSA) is 79.0 Å². The Morgan fingerprint density at radius 3 is 2.89 bits per heavy atom. The zero-order valence-corrected chi connectivity index (χ0v) is 11.0. The quantitative estimate of drug-likeness (QED) is 0.683. The Kier molecular flexibility index (Phi) is 3.78. The number of rotatable bonds is 4. The fourth-order valence-corrected chi connectivity index (χ4v) is 2.39. The summed E-state index contributed by atoms with van der Waals surface area (Å²) in [6.07, 6.45) is 0. The predicted molar refractivity (Wildman–Crippen MR) is 74.2 cm³/mol. The summed E-state index contributed by atoms with van der Waals surface area (Å²) in [5.74, 6) is 0. The lowest BCUT2D eigenvalue weighted by molar-refractivity contribution is -0.385. The minimum absolute atomic E-state index is 0.105. The third kappa shape index (κ3) is 3.09. The van der Waals surface area contributed by atoms with E-state index in [2.05, 4.69) is 11.4 Å². The van der Waals surface area contributed by atoms with Crippen molar-refractivity contribution in [3.63, 3.8) is 0 Å². The Morgan fingerprint density at radius 1 is 1.47 bits per heavy atom. The summed E-state index contributed by atoms with van der Waals surface area (Å²) in [6, 6.07) is 8.92. The van der Waals surface area contributed by atoms with E-state index in [0.717, 1.165) is 4.88 Å². The van der Waals surface area contributed by atoms with Crippen molar-refractivity contribution in [1.82, 2.24) is 0 Å². The van der Waals surface area contributed by atoms with Crippen LogP contribution in [0.3, 0.4) is 0 Å². The van der Waals surface area contributed by atoms with Crippen LogP contribution in [0.1, 0.15) is 16.0 Å². The van der Waals surface area contributed by atoms with Crippen LogP contribution < -0.4 is 5.32 Å². The highest BCUT2D eigenvalue weighted by atomic mass is 32.1. The number of nitrogens with zero attached hydrogens (tertiary/aromatic N) is 2. The summed E-state index contributed by atoms with van der Waals surface area (Å²) in [7, 11) is 0. The molecule has 96 valence electrons. The van der Waals surface area contributed by atoms with E-state index in [-0.39, 0.29) is 10.6 Å². The Labute approximate surface area is 114 Å². The summed E-state index contributed by atoms with van der Waals surface area (Å²) in [5, 5.41) is 24.5. The molecular formula is C13H11N3O2S. The van der Waals surface area contributed by atoms with Gasteiger partial charge in [-0.05, 0) is 19.1 Å². The lowest BCUT2D eigenvalue weighted by atomic mass is 10.2. The molecule has 1 heterocycles. The molecule has 0 radical (unpaired) electrons. The second-order valence-electron chi connectivity index (χ2n) is 4.03. The molecule has 2 aromatic rings. The molecule has 6 heteroatoms. The number of nitrogens with one attached hydrogen (secondary N) is 1. The highest BCUT2D eigenvalue weighted by Gasteiger charge is 2.10. The van der Waals surface area contributed by atoms with Crippen LogP contribution in [0.5, 0.6) is 0 Å². The van der Waals surface area contributed by atoms with Crippen molar-refractivity contribution in [3.05, 3.63) is 55.8 Å². The van der Waals surface area contributed by atoms with Crippen molar-refractivity contribution < 1.29 is 4.92 Å². The molecule has 5 nitrogen and oxygen atoms in total. The van der Waals surface area contributed by atoms with Gasteiger partial charge in [-0.3, -0.25) is 10.1 Å². The van der Waals surface area contributed by atoms with Gasteiger partial charge < -0.3 is 5.32 Å². The van der Waals surface area contributed by atoms with Gasteiger partial charge in [0.25, 0.3) is 5.69 Å². The smallest absolute Gasteiger partial charge is 0.274 e. The molecule has 0 saturated carbocycles. The van der Waals surface area contributed by atoms with Crippen LogP contribution in [0.2, 0.25) is 0 Å². The van der Waals surface area contributed by atoms with E-state index in [4.69, 9.17) is 5.26 Å². The molecule has 0 fully saturated rings. The average Bonchev–Trinajstić information content (AvgIpc) is 2.85. The van der Waals surface area contributed by atoms with Crippen LogP contribution in [0.4, 0.5) is 11.4 Å². The Morgan fingerprint density at radius 2 is 2.26 bits per heavy atom. The van der Waals surface area contributed by atoms with Crippen molar-refractivity contribution in [2.75, 3.05) is 5.32 Å². The van der Waals surface area contributed by atoms with E-state index in [0.29, 0.717) is 23.4 Å². The zero-order chi connectivity index (χ0) is 13.8. The van der Waals surface area contributed by atoms with Gasteiger partial charge in [0.15, 0.2) is 0 Å². The van der Waals surface area contributed by atoms with Gasteiger partial charge in [-0.15, -0.1) is 11.3 Å². The Bertz CT molecular complexity index is 658. The third-order valence-electron chi connectivity index (χ3n) is 2.66. The van der Waals surface area contributed by atoms with Crippen molar-refractivity contribution >= 4 is 22.7 Å². The van der Waals surface area contributed by atoms with E-state index in [9.17, 15) is 10.1 Å². The highest BCUT2D eigenvalue weighted by Crippen LogP contribution is 2.23. The van der Waals surface area contributed by atoms with Gasteiger partial charge in [-0.2, -0.15) is 5.26 Å². The number of benzene rings is 1. The number of aryl methyl sites for hydroxylation is 1. The molecule has 0 spiro atoms. The lowest BCUT2D eigenvalue weighted by Gasteiger charge is -2.05. The van der Waals surface area contributed by atoms with Crippen molar-refractivity contribution in [2.24, 2.45) is 0 Å². The van der Waals surface area contributed by atoms with Gasteiger partial charge >= 0.3 is 0 Å². The fraction of sp³-hybridized carbons (Fsp3) is 0.154. The molecule has 0 aliphatic rings. The first-order valence-corrected chi connectivity index (χ1v) is 6.44. The van der Waals surface area contributed by atoms with Gasteiger partial charge in [0.2, 0.25) is 0 Å².